The fraction of sp³-hybridized carbons (Fsp3) is 0.375. The van der Waals surface area contributed by atoms with Gasteiger partial charge in [0.15, 0.2) is 0 Å². The Hall–Kier alpha value is -1.43. The summed E-state index contributed by atoms with van der Waals surface area (Å²) >= 11 is 7.39. The van der Waals surface area contributed by atoms with Gasteiger partial charge in [-0.05, 0) is 26.0 Å². The summed E-state index contributed by atoms with van der Waals surface area (Å²) in [4.78, 5) is 19.1. The van der Waals surface area contributed by atoms with Crippen LogP contribution in [0, 0.1) is 0 Å². The van der Waals surface area contributed by atoms with Gasteiger partial charge in [-0.2, -0.15) is 0 Å². The molecule has 2 unspecified atom stereocenters. The smallest absolute Gasteiger partial charge is 0.273 e. The molecule has 2 atom stereocenters. The van der Waals surface area contributed by atoms with Crippen molar-refractivity contribution in [3.63, 3.8) is 0 Å². The van der Waals surface area contributed by atoms with E-state index in [0.717, 1.165) is 23.7 Å². The Kier molecular flexibility index (Phi) is 4.47. The van der Waals surface area contributed by atoms with E-state index in [2.05, 4.69) is 24.1 Å². The largest absolute Gasteiger partial charge is 0.332 e. The Balaban J connectivity index is 1.81. The molecule has 0 radical (unpaired) electrons. The second-order valence-corrected chi connectivity index (χ2v) is 6.82. The van der Waals surface area contributed by atoms with E-state index in [1.807, 2.05) is 34.5 Å². The summed E-state index contributed by atoms with van der Waals surface area (Å²) in [5, 5.41) is 6.76. The van der Waals surface area contributed by atoms with Crippen LogP contribution in [0.25, 0.3) is 10.6 Å². The SMILES string of the molecule is CC1NCCN(C(=O)c2csc(-c3ccc(Cl)cc3)n2)C1C. The lowest BCUT2D eigenvalue weighted by atomic mass is 10.1. The molecule has 1 aromatic heterocycles. The second-order valence-electron chi connectivity index (χ2n) is 5.53. The monoisotopic (exact) mass is 335 g/mol. The first-order valence-corrected chi connectivity index (χ1v) is 8.58. The third-order valence-corrected chi connectivity index (χ3v) is 5.25. The molecule has 1 saturated heterocycles. The second kappa shape index (κ2) is 6.36. The van der Waals surface area contributed by atoms with Crippen LogP contribution in [0.15, 0.2) is 29.6 Å². The molecule has 0 bridgehead atoms. The number of nitrogens with zero attached hydrogens (tertiary/aromatic N) is 2. The Labute approximate surface area is 139 Å². The maximum absolute atomic E-state index is 12.7. The molecule has 1 N–H and O–H groups in total. The summed E-state index contributed by atoms with van der Waals surface area (Å²) in [6.07, 6.45) is 0. The van der Waals surface area contributed by atoms with Crippen molar-refractivity contribution in [3.05, 3.63) is 40.4 Å². The van der Waals surface area contributed by atoms with Gasteiger partial charge in [-0.1, -0.05) is 23.7 Å². The minimum absolute atomic E-state index is 0.0114. The van der Waals surface area contributed by atoms with E-state index in [-0.39, 0.29) is 11.9 Å². The van der Waals surface area contributed by atoms with Crippen LogP contribution in [-0.2, 0) is 0 Å². The fourth-order valence-electron chi connectivity index (χ4n) is 2.59. The number of rotatable bonds is 2. The Bertz CT molecular complexity index is 670. The highest BCUT2D eigenvalue weighted by molar-refractivity contribution is 7.13. The lowest BCUT2D eigenvalue weighted by Crippen LogP contribution is -2.57. The van der Waals surface area contributed by atoms with Crippen LogP contribution in [0.4, 0.5) is 0 Å². The number of hydrogen-bond acceptors (Lipinski definition) is 4. The van der Waals surface area contributed by atoms with Gasteiger partial charge in [-0.25, -0.2) is 4.98 Å². The van der Waals surface area contributed by atoms with Gasteiger partial charge in [0.1, 0.15) is 10.7 Å². The normalized spacial score (nSPS) is 21.9. The van der Waals surface area contributed by atoms with Gasteiger partial charge in [0.2, 0.25) is 0 Å². The zero-order valence-electron chi connectivity index (χ0n) is 12.5. The number of carbonyl (C=O) groups excluding carboxylic acids is 1. The van der Waals surface area contributed by atoms with E-state index in [1.165, 1.54) is 11.3 Å². The van der Waals surface area contributed by atoms with Crippen molar-refractivity contribution in [3.8, 4) is 10.6 Å². The van der Waals surface area contributed by atoms with Crippen molar-refractivity contribution >= 4 is 28.8 Å². The first-order chi connectivity index (χ1) is 10.6. The van der Waals surface area contributed by atoms with Crippen molar-refractivity contribution in [2.45, 2.75) is 25.9 Å². The predicted octanol–water partition coefficient (Wildman–Crippen LogP) is 3.29. The predicted molar refractivity (Wildman–Crippen MR) is 90.5 cm³/mol. The van der Waals surface area contributed by atoms with Crippen LogP contribution in [0.3, 0.4) is 0 Å². The maximum atomic E-state index is 12.7. The molecule has 3 rings (SSSR count). The van der Waals surface area contributed by atoms with Crippen LogP contribution in [0.2, 0.25) is 5.02 Å². The lowest BCUT2D eigenvalue weighted by molar-refractivity contribution is 0.0598. The molecule has 0 saturated carbocycles. The van der Waals surface area contributed by atoms with Crippen molar-refractivity contribution in [2.24, 2.45) is 0 Å². The van der Waals surface area contributed by atoms with Crippen LogP contribution >= 0.6 is 22.9 Å². The number of piperazine rings is 1. The summed E-state index contributed by atoms with van der Waals surface area (Å²) in [5.41, 5.74) is 1.51. The average molecular weight is 336 g/mol. The van der Waals surface area contributed by atoms with E-state index in [9.17, 15) is 4.79 Å². The van der Waals surface area contributed by atoms with E-state index < -0.39 is 0 Å². The van der Waals surface area contributed by atoms with E-state index in [1.54, 1.807) is 0 Å². The molecule has 1 amide bonds. The number of halogens is 1. The molecule has 1 aliphatic rings. The molecule has 6 heteroatoms. The number of amides is 1. The van der Waals surface area contributed by atoms with Crippen LogP contribution < -0.4 is 5.32 Å². The van der Waals surface area contributed by atoms with Gasteiger partial charge in [0.25, 0.3) is 5.91 Å². The number of hydrogen-bond donors (Lipinski definition) is 1. The van der Waals surface area contributed by atoms with Gasteiger partial charge in [-0.15, -0.1) is 11.3 Å². The van der Waals surface area contributed by atoms with E-state index in [4.69, 9.17) is 11.6 Å². The third-order valence-electron chi connectivity index (χ3n) is 4.11. The Morgan fingerprint density at radius 2 is 2.09 bits per heavy atom. The highest BCUT2D eigenvalue weighted by atomic mass is 35.5. The molecule has 1 fully saturated rings. The van der Waals surface area contributed by atoms with Crippen LogP contribution in [0.5, 0.6) is 0 Å². The molecule has 0 spiro atoms. The van der Waals surface area contributed by atoms with Gasteiger partial charge in [0, 0.05) is 41.1 Å². The standard InChI is InChI=1S/C16H18ClN3OS/c1-10-11(2)20(8-7-18-10)16(21)14-9-22-15(19-14)12-3-5-13(17)6-4-12/h3-6,9-11,18H,7-8H2,1-2H3. The number of aromatic nitrogens is 1. The number of thiazole rings is 1. The van der Waals surface area contributed by atoms with E-state index >= 15 is 0 Å². The third kappa shape index (κ3) is 3.02. The molecule has 0 aliphatic carbocycles. The molecule has 22 heavy (non-hydrogen) atoms. The molecule has 2 aromatic rings. The van der Waals surface area contributed by atoms with Gasteiger partial charge in [-0.3, -0.25) is 4.79 Å². The van der Waals surface area contributed by atoms with Gasteiger partial charge >= 0.3 is 0 Å². The molecule has 116 valence electrons. The summed E-state index contributed by atoms with van der Waals surface area (Å²) in [7, 11) is 0. The Morgan fingerprint density at radius 3 is 2.82 bits per heavy atom. The summed E-state index contributed by atoms with van der Waals surface area (Å²) in [5.74, 6) is 0.0114. The van der Waals surface area contributed by atoms with Crippen LogP contribution in [0.1, 0.15) is 24.3 Å². The van der Waals surface area contributed by atoms with Crippen molar-refractivity contribution in [1.29, 1.82) is 0 Å². The molecule has 2 heterocycles. The first-order valence-electron chi connectivity index (χ1n) is 7.32. The Morgan fingerprint density at radius 1 is 1.36 bits per heavy atom. The molecular weight excluding hydrogens is 318 g/mol. The van der Waals surface area contributed by atoms with E-state index in [0.29, 0.717) is 16.8 Å². The highest BCUT2D eigenvalue weighted by Gasteiger charge is 2.29. The summed E-state index contributed by atoms with van der Waals surface area (Å²) in [6.45, 7) is 5.72. The summed E-state index contributed by atoms with van der Waals surface area (Å²) in [6, 6.07) is 7.98. The van der Waals surface area contributed by atoms with Crippen molar-refractivity contribution in [1.82, 2.24) is 15.2 Å². The fourth-order valence-corrected chi connectivity index (χ4v) is 3.51. The zero-order valence-corrected chi connectivity index (χ0v) is 14.1. The lowest BCUT2D eigenvalue weighted by Gasteiger charge is -2.38. The quantitative estimate of drug-likeness (QED) is 0.916. The zero-order chi connectivity index (χ0) is 15.7. The van der Waals surface area contributed by atoms with Gasteiger partial charge < -0.3 is 10.2 Å². The highest BCUT2D eigenvalue weighted by Crippen LogP contribution is 2.26. The summed E-state index contributed by atoms with van der Waals surface area (Å²) < 4.78 is 0. The maximum Gasteiger partial charge on any atom is 0.273 e. The molecule has 1 aliphatic heterocycles. The van der Waals surface area contributed by atoms with Crippen molar-refractivity contribution in [2.75, 3.05) is 13.1 Å². The molecule has 1 aromatic carbocycles. The average Bonchev–Trinajstić information content (AvgIpc) is 3.00. The van der Waals surface area contributed by atoms with Gasteiger partial charge in [0.05, 0.1) is 0 Å². The van der Waals surface area contributed by atoms with Crippen molar-refractivity contribution < 1.29 is 4.79 Å². The molecular formula is C16H18ClN3OS. The number of nitrogens with one attached hydrogen (secondary N) is 1. The minimum Gasteiger partial charge on any atom is -0.332 e. The number of carbonyl (C=O) groups is 1. The van der Waals surface area contributed by atoms with Crippen LogP contribution in [-0.4, -0.2) is 41.0 Å². The topological polar surface area (TPSA) is 45.2 Å². The first kappa shape index (κ1) is 15.5. The molecule has 4 nitrogen and oxygen atoms in total. The number of benzene rings is 1. The minimum atomic E-state index is 0.0114.